The molecule has 0 fully saturated rings. The number of aliphatic hydroxyl groups excluding tert-OH is 1. The van der Waals surface area contributed by atoms with E-state index in [9.17, 15) is 9.90 Å². The summed E-state index contributed by atoms with van der Waals surface area (Å²) in [6.07, 6.45) is 1.39. The molecule has 0 aliphatic heterocycles. The van der Waals surface area contributed by atoms with E-state index in [4.69, 9.17) is 9.47 Å². The van der Waals surface area contributed by atoms with E-state index in [0.717, 1.165) is 16.7 Å². The lowest BCUT2D eigenvalue weighted by molar-refractivity contribution is 0.144. The van der Waals surface area contributed by atoms with Crippen LogP contribution in [-0.4, -0.2) is 29.3 Å². The predicted molar refractivity (Wildman–Crippen MR) is 113 cm³/mol. The number of pyridine rings is 1. The Kier molecular flexibility index (Phi) is 5.54. The topological polar surface area (TPSA) is 92.7 Å². The summed E-state index contributed by atoms with van der Waals surface area (Å²) >= 11 is 0. The number of carbonyl (C=O) groups is 1. The number of ether oxygens (including phenoxy) is 2. The Labute approximate surface area is 174 Å². The first-order valence-corrected chi connectivity index (χ1v) is 9.65. The van der Waals surface area contributed by atoms with Crippen molar-refractivity contribution in [3.63, 3.8) is 0 Å². The number of urea groups is 1. The number of amides is 2. The molecule has 3 aromatic rings. The molecular formula is C23H23N3O4. The van der Waals surface area contributed by atoms with Gasteiger partial charge in [0.1, 0.15) is 0 Å². The molecule has 0 saturated carbocycles. The van der Waals surface area contributed by atoms with Crippen LogP contribution < -0.4 is 20.1 Å². The molecule has 2 amide bonds. The van der Waals surface area contributed by atoms with Gasteiger partial charge >= 0.3 is 6.03 Å². The number of hydrogen-bond donors (Lipinski definition) is 3. The highest BCUT2D eigenvalue weighted by Crippen LogP contribution is 2.32. The zero-order valence-electron chi connectivity index (χ0n) is 16.8. The van der Waals surface area contributed by atoms with Crippen LogP contribution in [0.5, 0.6) is 17.4 Å². The van der Waals surface area contributed by atoms with Crippen molar-refractivity contribution in [1.29, 1.82) is 0 Å². The van der Waals surface area contributed by atoms with Gasteiger partial charge in [0.05, 0.1) is 31.1 Å². The maximum atomic E-state index is 12.4. The number of rotatable bonds is 5. The summed E-state index contributed by atoms with van der Waals surface area (Å²) in [5.74, 6) is 1.56. The van der Waals surface area contributed by atoms with E-state index < -0.39 is 18.2 Å². The molecule has 4 rings (SSSR count). The van der Waals surface area contributed by atoms with Crippen molar-refractivity contribution in [2.75, 3.05) is 12.4 Å². The van der Waals surface area contributed by atoms with Crippen molar-refractivity contribution in [2.45, 2.75) is 25.5 Å². The average molecular weight is 405 g/mol. The van der Waals surface area contributed by atoms with Gasteiger partial charge in [-0.3, -0.25) is 0 Å². The minimum Gasteiger partial charge on any atom is -0.493 e. The molecule has 0 unspecified atom stereocenters. The Balaban J connectivity index is 1.39. The molecular weight excluding hydrogens is 382 g/mol. The predicted octanol–water partition coefficient (Wildman–Crippen LogP) is 3.97. The normalized spacial score (nSPS) is 17.2. The monoisotopic (exact) mass is 405 g/mol. The van der Waals surface area contributed by atoms with E-state index >= 15 is 0 Å². The number of nitrogens with zero attached hydrogens (tertiary/aromatic N) is 1. The molecule has 7 nitrogen and oxygen atoms in total. The maximum Gasteiger partial charge on any atom is 0.319 e. The summed E-state index contributed by atoms with van der Waals surface area (Å²) in [5.41, 5.74) is 3.56. The maximum absolute atomic E-state index is 12.4. The highest BCUT2D eigenvalue weighted by Gasteiger charge is 2.31. The molecule has 2 aromatic carbocycles. The van der Waals surface area contributed by atoms with Gasteiger partial charge in [-0.1, -0.05) is 30.3 Å². The van der Waals surface area contributed by atoms with Crippen LogP contribution in [0, 0.1) is 6.92 Å². The third-order valence-electron chi connectivity index (χ3n) is 5.02. The molecule has 0 bridgehead atoms. The van der Waals surface area contributed by atoms with Gasteiger partial charge in [0.15, 0.2) is 11.5 Å². The summed E-state index contributed by atoms with van der Waals surface area (Å²) in [6.45, 7) is 1.97. The van der Waals surface area contributed by atoms with Crippen LogP contribution in [0.2, 0.25) is 0 Å². The summed E-state index contributed by atoms with van der Waals surface area (Å²) in [7, 11) is 1.58. The van der Waals surface area contributed by atoms with Gasteiger partial charge in [-0.05, 0) is 41.8 Å². The third kappa shape index (κ3) is 4.21. The van der Waals surface area contributed by atoms with Crippen molar-refractivity contribution in [3.8, 4) is 17.4 Å². The second kappa shape index (κ2) is 8.42. The van der Waals surface area contributed by atoms with E-state index in [2.05, 4.69) is 15.6 Å². The first-order chi connectivity index (χ1) is 14.5. The Hall–Kier alpha value is -3.58. The third-order valence-corrected chi connectivity index (χ3v) is 5.02. The first-order valence-electron chi connectivity index (χ1n) is 9.65. The number of hydrogen-bond acceptors (Lipinski definition) is 5. The minimum atomic E-state index is -0.647. The Bertz CT molecular complexity index is 1050. The molecule has 0 saturated heterocycles. The number of nitrogens with one attached hydrogen (secondary N) is 2. The second-order valence-electron chi connectivity index (χ2n) is 7.19. The van der Waals surface area contributed by atoms with E-state index in [0.29, 0.717) is 29.5 Å². The molecule has 1 aliphatic carbocycles. The van der Waals surface area contributed by atoms with Crippen LogP contribution in [0.4, 0.5) is 10.5 Å². The second-order valence-corrected chi connectivity index (χ2v) is 7.19. The van der Waals surface area contributed by atoms with Crippen molar-refractivity contribution in [2.24, 2.45) is 0 Å². The van der Waals surface area contributed by atoms with Gasteiger partial charge in [0.2, 0.25) is 5.88 Å². The molecule has 1 aromatic heterocycles. The van der Waals surface area contributed by atoms with Crippen LogP contribution in [0.1, 0.15) is 22.7 Å². The quantitative estimate of drug-likeness (QED) is 0.597. The summed E-state index contributed by atoms with van der Waals surface area (Å²) < 4.78 is 11.1. The summed E-state index contributed by atoms with van der Waals surface area (Å²) in [6, 6.07) is 15.8. The zero-order chi connectivity index (χ0) is 21.1. The summed E-state index contributed by atoms with van der Waals surface area (Å²) in [5, 5.41) is 15.8. The van der Waals surface area contributed by atoms with Gasteiger partial charge in [0.25, 0.3) is 0 Å². The highest BCUT2D eigenvalue weighted by atomic mass is 16.5. The Morgan fingerprint density at radius 2 is 1.97 bits per heavy atom. The standard InChI is InChI=1S/C23H23N3O4/c1-14-7-9-19(20(11-14)29-2)30-21-10-8-16(13-24-21)25-23(28)26-22-17-6-4-3-5-15(17)12-18(22)27/h3-11,13,18,22,27H,12H2,1-2H3,(H2,25,26,28)/t18-,22+/m0/s1. The lowest BCUT2D eigenvalue weighted by atomic mass is 10.1. The number of aromatic nitrogens is 1. The van der Waals surface area contributed by atoms with Gasteiger partial charge in [-0.15, -0.1) is 0 Å². The van der Waals surface area contributed by atoms with Gasteiger partial charge in [0, 0.05) is 12.5 Å². The summed E-state index contributed by atoms with van der Waals surface area (Å²) in [4.78, 5) is 16.6. The smallest absolute Gasteiger partial charge is 0.319 e. The lowest BCUT2D eigenvalue weighted by Gasteiger charge is -2.18. The highest BCUT2D eigenvalue weighted by molar-refractivity contribution is 5.89. The van der Waals surface area contributed by atoms with Crippen molar-refractivity contribution in [3.05, 3.63) is 77.5 Å². The van der Waals surface area contributed by atoms with Crippen LogP contribution in [0.3, 0.4) is 0 Å². The molecule has 1 aliphatic rings. The van der Waals surface area contributed by atoms with Crippen molar-refractivity contribution >= 4 is 11.7 Å². The van der Waals surface area contributed by atoms with Crippen LogP contribution in [0.25, 0.3) is 0 Å². The fourth-order valence-corrected chi connectivity index (χ4v) is 3.54. The number of anilines is 1. The van der Waals surface area contributed by atoms with Crippen LogP contribution >= 0.6 is 0 Å². The molecule has 30 heavy (non-hydrogen) atoms. The first kappa shape index (κ1) is 19.7. The number of benzene rings is 2. The molecule has 7 heteroatoms. The van der Waals surface area contributed by atoms with E-state index in [1.165, 1.54) is 6.20 Å². The number of fused-ring (bicyclic) bond motifs is 1. The van der Waals surface area contributed by atoms with E-state index in [-0.39, 0.29) is 0 Å². The van der Waals surface area contributed by atoms with Gasteiger partial charge < -0.3 is 25.2 Å². The van der Waals surface area contributed by atoms with Crippen LogP contribution in [-0.2, 0) is 6.42 Å². The molecule has 154 valence electrons. The van der Waals surface area contributed by atoms with Crippen LogP contribution in [0.15, 0.2) is 60.8 Å². The van der Waals surface area contributed by atoms with Gasteiger partial charge in [-0.25, -0.2) is 9.78 Å². The fourth-order valence-electron chi connectivity index (χ4n) is 3.54. The van der Waals surface area contributed by atoms with Gasteiger partial charge in [-0.2, -0.15) is 0 Å². The number of methoxy groups -OCH3 is 1. The lowest BCUT2D eigenvalue weighted by Crippen LogP contribution is -2.36. The van der Waals surface area contributed by atoms with Crippen molar-refractivity contribution in [1.82, 2.24) is 10.3 Å². The Morgan fingerprint density at radius 3 is 2.73 bits per heavy atom. The SMILES string of the molecule is COc1cc(C)ccc1Oc1ccc(NC(=O)N[C@@H]2c3ccccc3C[C@@H]2O)cn1. The number of aliphatic hydroxyl groups is 1. The Morgan fingerprint density at radius 1 is 1.13 bits per heavy atom. The molecule has 0 spiro atoms. The molecule has 0 radical (unpaired) electrons. The number of aryl methyl sites for hydroxylation is 1. The minimum absolute atomic E-state index is 0.378. The van der Waals surface area contributed by atoms with E-state index in [1.54, 1.807) is 19.2 Å². The average Bonchev–Trinajstić information content (AvgIpc) is 3.06. The molecule has 2 atom stereocenters. The molecule has 3 N–H and O–H groups in total. The zero-order valence-corrected chi connectivity index (χ0v) is 16.8. The number of carbonyl (C=O) groups excluding carboxylic acids is 1. The van der Waals surface area contributed by atoms with Crippen molar-refractivity contribution < 1.29 is 19.4 Å². The fraction of sp³-hybridized carbons (Fsp3) is 0.217. The van der Waals surface area contributed by atoms with E-state index in [1.807, 2.05) is 49.4 Å². The largest absolute Gasteiger partial charge is 0.493 e. The molecule has 1 heterocycles.